The third-order valence-electron chi connectivity index (χ3n) is 6.79. The number of aliphatic hydroxyl groups excluding tert-OH is 1. The summed E-state index contributed by atoms with van der Waals surface area (Å²) in [6, 6.07) is 6.95. The SMILES string of the molecule is CC(CC(=O)N(CCN)CCN)C(=O)NC(C(=O)Nc1ccc(S(=O)(=O)C(C)(C)C)cc1)C(O)c1ccc(C(F)(F)F)cc1. The van der Waals surface area contributed by atoms with Crippen molar-refractivity contribution in [1.29, 1.82) is 0 Å². The molecule has 2 aromatic carbocycles. The zero-order valence-electron chi connectivity index (χ0n) is 25.0. The van der Waals surface area contributed by atoms with Gasteiger partial charge in [0.2, 0.25) is 17.7 Å². The number of hydrogen-bond donors (Lipinski definition) is 5. The third kappa shape index (κ3) is 9.48. The molecule has 0 saturated heterocycles. The van der Waals surface area contributed by atoms with Gasteiger partial charge >= 0.3 is 6.18 Å². The Kier molecular flexibility index (Phi) is 12.5. The van der Waals surface area contributed by atoms with Crippen LogP contribution >= 0.6 is 0 Å². The molecular weight excluding hydrogens is 603 g/mol. The fourth-order valence-electron chi connectivity index (χ4n) is 4.09. The van der Waals surface area contributed by atoms with Gasteiger partial charge in [0.25, 0.3) is 0 Å². The van der Waals surface area contributed by atoms with Gasteiger partial charge in [-0.25, -0.2) is 8.42 Å². The number of nitrogens with one attached hydrogen (secondary N) is 2. The van der Waals surface area contributed by atoms with Gasteiger partial charge in [0.15, 0.2) is 9.84 Å². The van der Waals surface area contributed by atoms with E-state index in [2.05, 4.69) is 10.6 Å². The summed E-state index contributed by atoms with van der Waals surface area (Å²) < 4.78 is 63.6. The van der Waals surface area contributed by atoms with Gasteiger partial charge in [-0.05, 0) is 62.7 Å². The molecule has 3 atom stereocenters. The molecule has 0 bridgehead atoms. The molecule has 2 aromatic rings. The molecule has 44 heavy (non-hydrogen) atoms. The number of amides is 3. The van der Waals surface area contributed by atoms with Crippen molar-refractivity contribution in [2.45, 2.75) is 62.1 Å². The summed E-state index contributed by atoms with van der Waals surface area (Å²) in [5.41, 5.74) is 10.1. The summed E-state index contributed by atoms with van der Waals surface area (Å²) in [6.45, 7) is 6.84. The van der Waals surface area contributed by atoms with Crippen molar-refractivity contribution >= 4 is 33.2 Å². The average Bonchev–Trinajstić information content (AvgIpc) is 2.94. The van der Waals surface area contributed by atoms with E-state index in [1.54, 1.807) is 0 Å². The van der Waals surface area contributed by atoms with Gasteiger partial charge in [-0.3, -0.25) is 14.4 Å². The molecule has 0 saturated carbocycles. The molecule has 15 heteroatoms. The normalized spacial score (nSPS) is 14.3. The first-order valence-corrected chi connectivity index (χ1v) is 15.3. The number of halogens is 3. The van der Waals surface area contributed by atoms with Crippen LogP contribution in [0.5, 0.6) is 0 Å². The lowest BCUT2D eigenvalue weighted by molar-refractivity contribution is -0.138. The fraction of sp³-hybridized carbons (Fsp3) is 0.483. The minimum atomic E-state index is -4.63. The van der Waals surface area contributed by atoms with Gasteiger partial charge in [-0.1, -0.05) is 19.1 Å². The van der Waals surface area contributed by atoms with Crippen LogP contribution in [0.25, 0.3) is 0 Å². The Labute approximate surface area is 255 Å². The minimum Gasteiger partial charge on any atom is -0.386 e. The largest absolute Gasteiger partial charge is 0.416 e. The van der Waals surface area contributed by atoms with E-state index in [0.29, 0.717) is 0 Å². The number of carbonyl (C=O) groups excluding carboxylic acids is 3. The van der Waals surface area contributed by atoms with Crippen LogP contribution in [0, 0.1) is 5.92 Å². The second kappa shape index (κ2) is 15.0. The molecule has 0 fully saturated rings. The Hall–Kier alpha value is -3.53. The molecular formula is C29H40F3N5O6S. The summed E-state index contributed by atoms with van der Waals surface area (Å²) in [4.78, 5) is 40.6. The zero-order valence-corrected chi connectivity index (χ0v) is 25.8. The molecule has 0 aliphatic heterocycles. The topological polar surface area (TPSA) is 185 Å². The summed E-state index contributed by atoms with van der Waals surface area (Å²) >= 11 is 0. The zero-order chi connectivity index (χ0) is 33.5. The Morgan fingerprint density at radius 1 is 0.909 bits per heavy atom. The first kappa shape index (κ1) is 36.7. The van der Waals surface area contributed by atoms with Crippen LogP contribution in [0.15, 0.2) is 53.4 Å². The van der Waals surface area contributed by atoms with E-state index >= 15 is 0 Å². The van der Waals surface area contributed by atoms with E-state index in [-0.39, 0.29) is 48.7 Å². The van der Waals surface area contributed by atoms with Crippen molar-refractivity contribution in [1.82, 2.24) is 10.2 Å². The number of hydrogen-bond acceptors (Lipinski definition) is 8. The highest BCUT2D eigenvalue weighted by Gasteiger charge is 2.35. The number of nitrogens with two attached hydrogens (primary N) is 2. The highest BCUT2D eigenvalue weighted by atomic mass is 32.2. The van der Waals surface area contributed by atoms with Crippen LogP contribution in [-0.2, 0) is 30.4 Å². The Balaban J connectivity index is 2.34. The minimum absolute atomic E-state index is 0.00875. The van der Waals surface area contributed by atoms with E-state index in [0.717, 1.165) is 24.3 Å². The quantitative estimate of drug-likeness (QED) is 0.220. The number of nitrogens with zero attached hydrogens (tertiary/aromatic N) is 1. The first-order valence-electron chi connectivity index (χ1n) is 13.8. The van der Waals surface area contributed by atoms with Crippen molar-refractivity contribution in [2.24, 2.45) is 17.4 Å². The van der Waals surface area contributed by atoms with Crippen molar-refractivity contribution in [3.63, 3.8) is 0 Å². The van der Waals surface area contributed by atoms with Crippen LogP contribution in [0.3, 0.4) is 0 Å². The van der Waals surface area contributed by atoms with Gasteiger partial charge in [-0.15, -0.1) is 0 Å². The molecule has 2 rings (SSSR count). The third-order valence-corrected chi connectivity index (χ3v) is 9.30. The molecule has 11 nitrogen and oxygen atoms in total. The summed E-state index contributed by atoms with van der Waals surface area (Å²) in [7, 11) is -3.69. The van der Waals surface area contributed by atoms with Crippen LogP contribution < -0.4 is 22.1 Å². The molecule has 0 spiro atoms. The highest BCUT2D eigenvalue weighted by Crippen LogP contribution is 2.31. The highest BCUT2D eigenvalue weighted by molar-refractivity contribution is 7.92. The van der Waals surface area contributed by atoms with Crippen molar-refractivity contribution < 1.29 is 41.1 Å². The predicted octanol–water partition coefficient (Wildman–Crippen LogP) is 2.21. The second-order valence-electron chi connectivity index (χ2n) is 11.2. The monoisotopic (exact) mass is 643 g/mol. The maximum absolute atomic E-state index is 13.4. The number of aliphatic hydroxyl groups is 1. The van der Waals surface area contributed by atoms with Crippen LogP contribution in [0.4, 0.5) is 18.9 Å². The van der Waals surface area contributed by atoms with Gasteiger partial charge in [-0.2, -0.15) is 13.2 Å². The lowest BCUT2D eigenvalue weighted by Crippen LogP contribution is -2.50. The molecule has 244 valence electrons. The van der Waals surface area contributed by atoms with Crippen LogP contribution in [-0.4, -0.2) is 73.1 Å². The van der Waals surface area contributed by atoms with E-state index in [4.69, 9.17) is 11.5 Å². The number of rotatable bonds is 13. The summed E-state index contributed by atoms with van der Waals surface area (Å²) in [5, 5.41) is 16.0. The predicted molar refractivity (Wildman–Crippen MR) is 159 cm³/mol. The van der Waals surface area contributed by atoms with Gasteiger partial charge in [0.05, 0.1) is 15.2 Å². The van der Waals surface area contributed by atoms with Crippen molar-refractivity contribution in [2.75, 3.05) is 31.5 Å². The molecule has 3 amide bonds. The Morgan fingerprint density at radius 2 is 1.43 bits per heavy atom. The Morgan fingerprint density at radius 3 is 1.89 bits per heavy atom. The van der Waals surface area contributed by atoms with Gasteiger partial charge < -0.3 is 32.1 Å². The number of alkyl halides is 3. The smallest absolute Gasteiger partial charge is 0.386 e. The molecule has 3 unspecified atom stereocenters. The molecule has 0 radical (unpaired) electrons. The average molecular weight is 644 g/mol. The van der Waals surface area contributed by atoms with E-state index in [9.17, 15) is 41.1 Å². The lowest BCUT2D eigenvalue weighted by atomic mass is 9.98. The van der Waals surface area contributed by atoms with E-state index in [1.165, 1.54) is 56.9 Å². The molecule has 0 aliphatic rings. The fourth-order valence-corrected chi connectivity index (χ4v) is 5.29. The standard InChI is InChI=1S/C29H40F3N5O6S/c1-18(17-23(38)37(15-13-33)16-14-34)26(40)36-24(25(39)19-5-7-20(8-6-19)29(30,31)32)27(41)35-21-9-11-22(12-10-21)44(42,43)28(2,3)4/h5-12,18,24-25,39H,13-17,33-34H2,1-4H3,(H,35,41)(H,36,40). The first-order chi connectivity index (χ1) is 20.3. The maximum atomic E-state index is 13.4. The number of carbonyl (C=O) groups is 3. The molecule has 0 aliphatic carbocycles. The maximum Gasteiger partial charge on any atom is 0.416 e. The van der Waals surface area contributed by atoms with Crippen LogP contribution in [0.2, 0.25) is 0 Å². The van der Waals surface area contributed by atoms with Gasteiger partial charge in [0.1, 0.15) is 12.1 Å². The second-order valence-corrected chi connectivity index (χ2v) is 13.9. The molecule has 0 heterocycles. The van der Waals surface area contributed by atoms with Crippen molar-refractivity contribution in [3.8, 4) is 0 Å². The summed E-state index contributed by atoms with van der Waals surface area (Å²) in [6.07, 6.45) is -6.69. The number of anilines is 1. The molecule has 0 aromatic heterocycles. The van der Waals surface area contributed by atoms with E-state index in [1.807, 2.05) is 0 Å². The lowest BCUT2D eigenvalue weighted by Gasteiger charge is -2.26. The Bertz CT molecular complexity index is 1390. The van der Waals surface area contributed by atoms with Crippen molar-refractivity contribution in [3.05, 3.63) is 59.7 Å². The number of benzene rings is 2. The molecule has 7 N–H and O–H groups in total. The summed E-state index contributed by atoms with van der Waals surface area (Å²) in [5.74, 6) is -3.10. The van der Waals surface area contributed by atoms with Gasteiger partial charge in [0, 0.05) is 44.2 Å². The van der Waals surface area contributed by atoms with Crippen LogP contribution in [0.1, 0.15) is 51.3 Å². The number of sulfone groups is 1. The van der Waals surface area contributed by atoms with E-state index < -0.39 is 62.1 Å².